The van der Waals surface area contributed by atoms with Crippen LogP contribution in [0.5, 0.6) is 5.75 Å². The van der Waals surface area contributed by atoms with Crippen LogP contribution in [0.4, 0.5) is 11.6 Å². The van der Waals surface area contributed by atoms with Crippen LogP contribution >= 0.6 is 0 Å². The third kappa shape index (κ3) is 4.67. The molecule has 2 heterocycles. The Morgan fingerprint density at radius 3 is 2.26 bits per heavy atom. The Bertz CT molecular complexity index is 740. The number of nitrogens with one attached hydrogen (secondary N) is 1. The molecule has 1 fully saturated rings. The van der Waals surface area contributed by atoms with Gasteiger partial charge in [-0.2, -0.15) is 0 Å². The molecule has 2 aromatic rings. The lowest BCUT2D eigenvalue weighted by Crippen LogP contribution is -2.47. The topological polar surface area (TPSA) is 70.6 Å². The van der Waals surface area contributed by atoms with Crippen molar-refractivity contribution in [3.63, 3.8) is 0 Å². The number of rotatable bonds is 6. The maximum Gasteiger partial charge on any atom is 0.254 e. The van der Waals surface area contributed by atoms with Crippen LogP contribution in [0.25, 0.3) is 0 Å². The lowest BCUT2D eigenvalue weighted by atomic mass is 10.2. The maximum absolute atomic E-state index is 12.1. The molecule has 3 rings (SSSR count). The molecule has 1 aliphatic heterocycles. The molecule has 0 radical (unpaired) electrons. The highest BCUT2D eigenvalue weighted by molar-refractivity contribution is 5.93. The number of aromatic nitrogens is 2. The van der Waals surface area contributed by atoms with Crippen molar-refractivity contribution in [3.05, 3.63) is 42.2 Å². The van der Waals surface area contributed by atoms with Crippen LogP contribution < -0.4 is 19.9 Å². The smallest absolute Gasteiger partial charge is 0.254 e. The van der Waals surface area contributed by atoms with E-state index >= 15 is 0 Å². The highest BCUT2D eigenvalue weighted by Crippen LogP contribution is 2.21. The lowest BCUT2D eigenvalue weighted by Gasteiger charge is -2.36. The van der Waals surface area contributed by atoms with Crippen molar-refractivity contribution >= 4 is 17.5 Å². The second-order valence-corrected chi connectivity index (χ2v) is 6.73. The normalized spacial score (nSPS) is 15.4. The van der Waals surface area contributed by atoms with Crippen LogP contribution in [0.1, 0.15) is 30.6 Å². The molecule has 27 heavy (non-hydrogen) atoms. The molecule has 0 bridgehead atoms. The predicted molar refractivity (Wildman–Crippen MR) is 107 cm³/mol. The van der Waals surface area contributed by atoms with Crippen molar-refractivity contribution in [1.29, 1.82) is 0 Å². The minimum absolute atomic E-state index is 0.125. The van der Waals surface area contributed by atoms with E-state index in [2.05, 4.69) is 37.2 Å². The molecule has 0 aliphatic carbocycles. The summed E-state index contributed by atoms with van der Waals surface area (Å²) in [4.78, 5) is 25.4. The lowest BCUT2D eigenvalue weighted by molar-refractivity contribution is 0.0938. The van der Waals surface area contributed by atoms with Gasteiger partial charge >= 0.3 is 0 Å². The third-order valence-electron chi connectivity index (χ3n) is 4.89. The highest BCUT2D eigenvalue weighted by atomic mass is 16.5. The molecule has 1 saturated heterocycles. The Morgan fingerprint density at radius 2 is 1.70 bits per heavy atom. The number of methoxy groups -OCH3 is 1. The number of carbonyl (C=O) groups is 1. The summed E-state index contributed by atoms with van der Waals surface area (Å²) >= 11 is 0. The van der Waals surface area contributed by atoms with Crippen LogP contribution in [0.2, 0.25) is 0 Å². The number of hydrogen-bond donors (Lipinski definition) is 1. The zero-order valence-electron chi connectivity index (χ0n) is 16.2. The molecule has 1 aromatic carbocycles. The van der Waals surface area contributed by atoms with Gasteiger partial charge < -0.3 is 19.9 Å². The Labute approximate surface area is 160 Å². The highest BCUT2D eigenvalue weighted by Gasteiger charge is 2.20. The van der Waals surface area contributed by atoms with Crippen LogP contribution in [0, 0.1) is 0 Å². The van der Waals surface area contributed by atoms with Gasteiger partial charge in [-0.15, -0.1) is 0 Å². The second kappa shape index (κ2) is 8.70. The molecular weight excluding hydrogens is 342 g/mol. The number of hydrogen-bond acceptors (Lipinski definition) is 6. The molecule has 7 nitrogen and oxygen atoms in total. The van der Waals surface area contributed by atoms with E-state index in [-0.39, 0.29) is 11.9 Å². The van der Waals surface area contributed by atoms with Crippen LogP contribution in [-0.2, 0) is 0 Å². The number of piperazine rings is 1. The van der Waals surface area contributed by atoms with E-state index in [0.717, 1.165) is 38.3 Å². The van der Waals surface area contributed by atoms with Gasteiger partial charge in [-0.05, 0) is 37.6 Å². The average molecular weight is 369 g/mol. The van der Waals surface area contributed by atoms with Crippen LogP contribution in [0.3, 0.4) is 0 Å². The van der Waals surface area contributed by atoms with Crippen molar-refractivity contribution in [2.75, 3.05) is 43.1 Å². The van der Waals surface area contributed by atoms with Gasteiger partial charge in [-0.25, -0.2) is 9.97 Å². The van der Waals surface area contributed by atoms with E-state index < -0.39 is 0 Å². The number of carbonyl (C=O) groups excluding carboxylic acids is 1. The summed E-state index contributed by atoms with van der Waals surface area (Å²) in [6.45, 7) is 7.48. The quantitative estimate of drug-likeness (QED) is 0.843. The van der Waals surface area contributed by atoms with Crippen molar-refractivity contribution in [3.8, 4) is 5.75 Å². The first-order valence-corrected chi connectivity index (χ1v) is 9.37. The zero-order valence-corrected chi connectivity index (χ0v) is 16.2. The van der Waals surface area contributed by atoms with E-state index in [1.54, 1.807) is 19.5 Å². The van der Waals surface area contributed by atoms with Crippen LogP contribution in [-0.4, -0.2) is 55.2 Å². The van der Waals surface area contributed by atoms with Gasteiger partial charge in [0.15, 0.2) is 0 Å². The molecule has 144 valence electrons. The molecule has 1 aliphatic rings. The Morgan fingerprint density at radius 1 is 1.11 bits per heavy atom. The summed E-state index contributed by atoms with van der Waals surface area (Å²) in [6.07, 6.45) is 4.11. The Balaban J connectivity index is 1.56. The first kappa shape index (κ1) is 18.9. The molecule has 1 amide bonds. The molecule has 1 aromatic heterocycles. The van der Waals surface area contributed by atoms with Gasteiger partial charge in [0.2, 0.25) is 5.95 Å². The molecule has 7 heteroatoms. The van der Waals surface area contributed by atoms with Gasteiger partial charge in [0.1, 0.15) is 5.75 Å². The standard InChI is InChI=1S/C20H27N5O2/c1-4-15(2)23-19(26)16-13-21-20(22-14-16)25-11-9-24(10-12-25)17-5-7-18(27-3)8-6-17/h5-8,13-15H,4,9-12H2,1-3H3,(H,23,26). The van der Waals surface area contributed by atoms with Gasteiger partial charge in [0, 0.05) is 50.3 Å². The summed E-state index contributed by atoms with van der Waals surface area (Å²) in [5.41, 5.74) is 1.68. The summed E-state index contributed by atoms with van der Waals surface area (Å²) in [7, 11) is 1.67. The summed E-state index contributed by atoms with van der Waals surface area (Å²) in [6, 6.07) is 8.26. The van der Waals surface area contributed by atoms with E-state index in [1.165, 1.54) is 5.69 Å². The number of anilines is 2. The summed E-state index contributed by atoms with van der Waals surface area (Å²) in [5.74, 6) is 1.41. The van der Waals surface area contributed by atoms with Gasteiger partial charge in [-0.1, -0.05) is 6.92 Å². The summed E-state index contributed by atoms with van der Waals surface area (Å²) in [5, 5.41) is 2.93. The van der Waals surface area contributed by atoms with Crippen molar-refractivity contribution in [1.82, 2.24) is 15.3 Å². The van der Waals surface area contributed by atoms with E-state index in [4.69, 9.17) is 4.74 Å². The van der Waals surface area contributed by atoms with Crippen molar-refractivity contribution in [2.45, 2.75) is 26.3 Å². The molecule has 1 atom stereocenters. The summed E-state index contributed by atoms with van der Waals surface area (Å²) < 4.78 is 5.21. The molecule has 0 spiro atoms. The first-order chi connectivity index (χ1) is 13.1. The fourth-order valence-electron chi connectivity index (χ4n) is 2.97. The largest absolute Gasteiger partial charge is 0.497 e. The minimum Gasteiger partial charge on any atom is -0.497 e. The third-order valence-corrected chi connectivity index (χ3v) is 4.89. The van der Waals surface area contributed by atoms with E-state index in [0.29, 0.717) is 11.5 Å². The fourth-order valence-corrected chi connectivity index (χ4v) is 2.97. The Hall–Kier alpha value is -2.83. The van der Waals surface area contributed by atoms with E-state index in [1.807, 2.05) is 26.0 Å². The zero-order chi connectivity index (χ0) is 19.2. The second-order valence-electron chi connectivity index (χ2n) is 6.73. The van der Waals surface area contributed by atoms with Crippen molar-refractivity contribution in [2.24, 2.45) is 0 Å². The fraction of sp³-hybridized carbons (Fsp3) is 0.450. The minimum atomic E-state index is -0.125. The number of amides is 1. The average Bonchev–Trinajstić information content (AvgIpc) is 2.74. The molecule has 1 unspecified atom stereocenters. The molecular formula is C20H27N5O2. The van der Waals surface area contributed by atoms with Gasteiger partial charge in [0.05, 0.1) is 12.7 Å². The Kier molecular flexibility index (Phi) is 6.11. The molecule has 0 saturated carbocycles. The molecule has 1 N–H and O–H groups in total. The maximum atomic E-state index is 12.1. The van der Waals surface area contributed by atoms with Gasteiger partial charge in [-0.3, -0.25) is 4.79 Å². The van der Waals surface area contributed by atoms with E-state index in [9.17, 15) is 4.79 Å². The first-order valence-electron chi connectivity index (χ1n) is 9.37. The predicted octanol–water partition coefficient (Wildman–Crippen LogP) is 2.34. The van der Waals surface area contributed by atoms with Gasteiger partial charge in [0.25, 0.3) is 5.91 Å². The SMILES string of the molecule is CCC(C)NC(=O)c1cnc(N2CCN(c3ccc(OC)cc3)CC2)nc1. The van der Waals surface area contributed by atoms with Crippen molar-refractivity contribution < 1.29 is 9.53 Å². The number of benzene rings is 1. The number of ether oxygens (including phenoxy) is 1. The monoisotopic (exact) mass is 369 g/mol. The van der Waals surface area contributed by atoms with Crippen LogP contribution in [0.15, 0.2) is 36.7 Å². The number of nitrogens with zero attached hydrogens (tertiary/aromatic N) is 4.